The van der Waals surface area contributed by atoms with Crippen molar-refractivity contribution in [1.82, 2.24) is 0 Å². The Morgan fingerprint density at radius 2 is 1.00 bits per heavy atom. The van der Waals surface area contributed by atoms with Crippen LogP contribution >= 0.6 is 0 Å². The summed E-state index contributed by atoms with van der Waals surface area (Å²) in [5.41, 5.74) is -3.23. The fourth-order valence-electron chi connectivity index (χ4n) is 1.60. The Kier molecular flexibility index (Phi) is 6.64. The third kappa shape index (κ3) is 3.70. The maximum atomic E-state index is 12.3. The van der Waals surface area contributed by atoms with Gasteiger partial charge in [0.1, 0.15) is 0 Å². The predicted molar refractivity (Wildman–Crippen MR) is 73.3 cm³/mol. The number of hydrogen-bond acceptors (Lipinski definition) is 6. The van der Waals surface area contributed by atoms with Gasteiger partial charge in [-0.05, 0) is 41.5 Å². The van der Waals surface area contributed by atoms with E-state index in [1.165, 1.54) is 28.1 Å². The van der Waals surface area contributed by atoms with Crippen molar-refractivity contribution in [1.29, 1.82) is 0 Å². The van der Waals surface area contributed by atoms with Crippen molar-refractivity contribution < 1.29 is 28.5 Å². The second kappa shape index (κ2) is 7.04. The van der Waals surface area contributed by atoms with Gasteiger partial charge in [-0.15, -0.1) is 0 Å². The van der Waals surface area contributed by atoms with Crippen LogP contribution in [0.2, 0.25) is 0 Å². The van der Waals surface area contributed by atoms with Gasteiger partial charge >= 0.3 is 11.9 Å². The van der Waals surface area contributed by atoms with Crippen LogP contribution in [-0.2, 0) is 28.5 Å². The highest BCUT2D eigenvalue weighted by Gasteiger charge is 2.59. The van der Waals surface area contributed by atoms with Crippen molar-refractivity contribution in [3.05, 3.63) is 0 Å². The molecule has 2 unspecified atom stereocenters. The van der Waals surface area contributed by atoms with Crippen molar-refractivity contribution in [3.63, 3.8) is 0 Å². The second-order valence-corrected chi connectivity index (χ2v) is 5.38. The average molecular weight is 290 g/mol. The Balaban J connectivity index is 5.52. The van der Waals surface area contributed by atoms with E-state index < -0.39 is 23.1 Å². The number of methoxy groups -OCH3 is 2. The number of carbonyl (C=O) groups excluding carboxylic acids is 2. The highest BCUT2D eigenvalue weighted by atomic mass is 16.6. The summed E-state index contributed by atoms with van der Waals surface area (Å²) in [5, 5.41) is 0. The number of rotatable bonds is 7. The zero-order valence-electron chi connectivity index (χ0n) is 13.6. The summed E-state index contributed by atoms with van der Waals surface area (Å²) in [6.45, 7) is 9.75. The van der Waals surface area contributed by atoms with Crippen LogP contribution in [-0.4, -0.2) is 49.6 Å². The van der Waals surface area contributed by atoms with E-state index in [-0.39, 0.29) is 12.2 Å². The quantitative estimate of drug-likeness (QED) is 0.665. The smallest absolute Gasteiger partial charge is 0.342 e. The molecule has 0 aromatic carbocycles. The third-order valence-corrected chi connectivity index (χ3v) is 3.19. The zero-order valence-corrected chi connectivity index (χ0v) is 13.6. The third-order valence-electron chi connectivity index (χ3n) is 3.19. The molecule has 0 spiro atoms. The van der Waals surface area contributed by atoms with Crippen LogP contribution in [0.25, 0.3) is 0 Å². The molecule has 0 N–H and O–H groups in total. The van der Waals surface area contributed by atoms with Crippen LogP contribution in [0.5, 0.6) is 0 Å². The summed E-state index contributed by atoms with van der Waals surface area (Å²) >= 11 is 0. The van der Waals surface area contributed by atoms with E-state index in [1.54, 1.807) is 27.7 Å². The van der Waals surface area contributed by atoms with E-state index in [9.17, 15) is 9.59 Å². The molecule has 0 radical (unpaired) electrons. The van der Waals surface area contributed by atoms with Gasteiger partial charge in [0.25, 0.3) is 0 Å². The SMILES string of the molecule is COC(C)(C(=O)OC(C)C)C(C)(OC)C(=O)OC(C)C. The van der Waals surface area contributed by atoms with E-state index in [0.717, 1.165) is 0 Å². The molecule has 118 valence electrons. The minimum absolute atomic E-state index is 0.334. The Morgan fingerprint density at radius 3 is 1.15 bits per heavy atom. The molecule has 0 aliphatic carbocycles. The van der Waals surface area contributed by atoms with E-state index in [1.807, 2.05) is 0 Å². The first-order valence-electron chi connectivity index (χ1n) is 6.57. The summed E-state index contributed by atoms with van der Waals surface area (Å²) in [4.78, 5) is 24.5. The topological polar surface area (TPSA) is 71.1 Å². The van der Waals surface area contributed by atoms with E-state index in [0.29, 0.717) is 0 Å². The van der Waals surface area contributed by atoms with Gasteiger partial charge in [0, 0.05) is 14.2 Å². The fraction of sp³-hybridized carbons (Fsp3) is 0.857. The van der Waals surface area contributed by atoms with Crippen molar-refractivity contribution >= 4 is 11.9 Å². The molecule has 2 atom stereocenters. The lowest BCUT2D eigenvalue weighted by Gasteiger charge is -2.40. The molecular formula is C14H26O6. The summed E-state index contributed by atoms with van der Waals surface area (Å²) in [6, 6.07) is 0. The van der Waals surface area contributed by atoms with Gasteiger partial charge in [-0.25, -0.2) is 9.59 Å². The molecule has 0 heterocycles. The Morgan fingerprint density at radius 1 is 0.750 bits per heavy atom. The van der Waals surface area contributed by atoms with Crippen LogP contribution in [0.4, 0.5) is 0 Å². The summed E-state index contributed by atoms with van der Waals surface area (Å²) in [7, 11) is 2.64. The lowest BCUT2D eigenvalue weighted by Crippen LogP contribution is -2.63. The minimum Gasteiger partial charge on any atom is -0.461 e. The largest absolute Gasteiger partial charge is 0.461 e. The summed E-state index contributed by atoms with van der Waals surface area (Å²) in [5.74, 6) is -1.36. The van der Waals surface area contributed by atoms with Crippen molar-refractivity contribution in [3.8, 4) is 0 Å². The molecule has 6 nitrogen and oxygen atoms in total. The normalized spacial score (nSPS) is 17.5. The minimum atomic E-state index is -1.61. The maximum absolute atomic E-state index is 12.3. The Bertz CT molecular complexity index is 318. The number of esters is 2. The Labute approximate surface area is 120 Å². The van der Waals surface area contributed by atoms with Crippen LogP contribution in [0.3, 0.4) is 0 Å². The first kappa shape index (κ1) is 18.9. The monoisotopic (exact) mass is 290 g/mol. The molecule has 0 amide bonds. The molecule has 0 saturated heterocycles. The molecule has 0 bridgehead atoms. The van der Waals surface area contributed by atoms with Crippen LogP contribution in [0.1, 0.15) is 41.5 Å². The lowest BCUT2D eigenvalue weighted by atomic mass is 9.85. The molecule has 0 fully saturated rings. The molecule has 0 aromatic heterocycles. The van der Waals surface area contributed by atoms with Crippen molar-refractivity contribution in [2.75, 3.05) is 14.2 Å². The van der Waals surface area contributed by atoms with Crippen LogP contribution in [0.15, 0.2) is 0 Å². The molecule has 0 rings (SSSR count). The van der Waals surface area contributed by atoms with Crippen molar-refractivity contribution in [2.24, 2.45) is 0 Å². The fourth-order valence-corrected chi connectivity index (χ4v) is 1.60. The number of ether oxygens (including phenoxy) is 4. The van der Waals surface area contributed by atoms with Gasteiger partial charge in [0.2, 0.25) is 11.2 Å². The van der Waals surface area contributed by atoms with E-state index in [2.05, 4.69) is 0 Å². The summed E-state index contributed by atoms with van der Waals surface area (Å²) < 4.78 is 20.8. The Hall–Kier alpha value is -1.14. The predicted octanol–water partition coefficient (Wildman–Crippen LogP) is 1.70. The van der Waals surface area contributed by atoms with Gasteiger partial charge in [-0.1, -0.05) is 0 Å². The highest BCUT2D eigenvalue weighted by molar-refractivity contribution is 5.92. The van der Waals surface area contributed by atoms with Crippen molar-refractivity contribution in [2.45, 2.75) is 65.0 Å². The maximum Gasteiger partial charge on any atom is 0.342 e. The lowest BCUT2D eigenvalue weighted by molar-refractivity contribution is -0.221. The van der Waals surface area contributed by atoms with Crippen LogP contribution < -0.4 is 0 Å². The highest BCUT2D eigenvalue weighted by Crippen LogP contribution is 2.32. The van der Waals surface area contributed by atoms with Gasteiger partial charge in [0.05, 0.1) is 12.2 Å². The molecule has 0 aliphatic rings. The molecule has 0 aliphatic heterocycles. The second-order valence-electron chi connectivity index (χ2n) is 5.38. The average Bonchev–Trinajstić information content (AvgIpc) is 2.34. The standard InChI is InChI=1S/C14H26O6/c1-9(2)19-11(15)13(5,17-7)14(6,18-8)12(16)20-10(3)4/h9-10H,1-8H3. The summed E-state index contributed by atoms with van der Waals surface area (Å²) in [6.07, 6.45) is -0.668. The molecule has 0 aromatic rings. The zero-order chi connectivity index (χ0) is 16.1. The first-order chi connectivity index (χ1) is 9.05. The van der Waals surface area contributed by atoms with Gasteiger partial charge in [-0.3, -0.25) is 0 Å². The van der Waals surface area contributed by atoms with Gasteiger partial charge in [-0.2, -0.15) is 0 Å². The molecule has 0 saturated carbocycles. The van der Waals surface area contributed by atoms with E-state index >= 15 is 0 Å². The number of hydrogen-bond donors (Lipinski definition) is 0. The van der Waals surface area contributed by atoms with E-state index in [4.69, 9.17) is 18.9 Å². The van der Waals surface area contributed by atoms with Gasteiger partial charge < -0.3 is 18.9 Å². The molecule has 6 heteroatoms. The molecular weight excluding hydrogens is 264 g/mol. The first-order valence-corrected chi connectivity index (χ1v) is 6.57. The molecule has 20 heavy (non-hydrogen) atoms. The number of carbonyl (C=O) groups is 2. The van der Waals surface area contributed by atoms with Crippen LogP contribution in [0, 0.1) is 0 Å². The van der Waals surface area contributed by atoms with Gasteiger partial charge in [0.15, 0.2) is 0 Å².